The summed E-state index contributed by atoms with van der Waals surface area (Å²) in [6.07, 6.45) is 0.891. The summed E-state index contributed by atoms with van der Waals surface area (Å²) in [4.78, 5) is 20.2. The SMILES string of the molecule is CCCN(CC)C(=O)c1cccc(N(Cc2ccc(Cl)cc2)Sc2ccc(F)cc2)n1. The molecule has 7 heteroatoms. The topological polar surface area (TPSA) is 36.4 Å². The van der Waals surface area contributed by atoms with Crippen molar-refractivity contribution in [2.24, 2.45) is 0 Å². The van der Waals surface area contributed by atoms with Gasteiger partial charge in [0.25, 0.3) is 5.91 Å². The highest BCUT2D eigenvalue weighted by molar-refractivity contribution is 8.00. The summed E-state index contributed by atoms with van der Waals surface area (Å²) in [5.41, 5.74) is 1.45. The number of amides is 1. The van der Waals surface area contributed by atoms with Crippen molar-refractivity contribution < 1.29 is 9.18 Å². The van der Waals surface area contributed by atoms with Crippen LogP contribution in [-0.4, -0.2) is 28.9 Å². The summed E-state index contributed by atoms with van der Waals surface area (Å²) in [7, 11) is 0. The Morgan fingerprint density at radius 1 is 1.03 bits per heavy atom. The van der Waals surface area contributed by atoms with Crippen molar-refractivity contribution in [3.8, 4) is 0 Å². The zero-order valence-electron chi connectivity index (χ0n) is 17.6. The standard InChI is InChI=1S/C24H25ClFN3OS/c1-3-16-28(4-2)24(30)22-6-5-7-23(27-22)29(17-18-8-10-19(25)11-9-18)31-21-14-12-20(26)13-15-21/h5-15H,3-4,16-17H2,1-2H3. The van der Waals surface area contributed by atoms with Gasteiger partial charge in [-0.2, -0.15) is 0 Å². The number of benzene rings is 2. The smallest absolute Gasteiger partial charge is 0.272 e. The first kappa shape index (κ1) is 23.1. The number of halogens is 2. The third-order valence-electron chi connectivity index (χ3n) is 4.64. The van der Waals surface area contributed by atoms with Crippen molar-refractivity contribution in [3.05, 3.63) is 88.8 Å². The summed E-state index contributed by atoms with van der Waals surface area (Å²) in [6.45, 7) is 5.88. The lowest BCUT2D eigenvalue weighted by molar-refractivity contribution is 0.0758. The fourth-order valence-corrected chi connectivity index (χ4v) is 4.10. The lowest BCUT2D eigenvalue weighted by Crippen LogP contribution is -2.32. The van der Waals surface area contributed by atoms with Crippen molar-refractivity contribution in [3.63, 3.8) is 0 Å². The first-order chi connectivity index (χ1) is 15.0. The van der Waals surface area contributed by atoms with Crippen LogP contribution >= 0.6 is 23.5 Å². The molecule has 1 amide bonds. The molecule has 0 unspecified atom stereocenters. The van der Waals surface area contributed by atoms with Gasteiger partial charge in [-0.15, -0.1) is 0 Å². The van der Waals surface area contributed by atoms with Gasteiger partial charge in [0.2, 0.25) is 0 Å². The minimum absolute atomic E-state index is 0.0792. The lowest BCUT2D eigenvalue weighted by atomic mass is 10.2. The van der Waals surface area contributed by atoms with Gasteiger partial charge in [-0.3, -0.25) is 9.10 Å². The van der Waals surface area contributed by atoms with E-state index in [0.29, 0.717) is 36.2 Å². The summed E-state index contributed by atoms with van der Waals surface area (Å²) >= 11 is 7.47. The zero-order valence-corrected chi connectivity index (χ0v) is 19.2. The van der Waals surface area contributed by atoms with E-state index in [1.165, 1.54) is 24.1 Å². The highest BCUT2D eigenvalue weighted by atomic mass is 35.5. The van der Waals surface area contributed by atoms with Gasteiger partial charge in [0.1, 0.15) is 17.3 Å². The van der Waals surface area contributed by atoms with Crippen molar-refractivity contribution in [2.45, 2.75) is 31.7 Å². The van der Waals surface area contributed by atoms with E-state index in [1.807, 2.05) is 54.6 Å². The second kappa shape index (κ2) is 11.2. The van der Waals surface area contributed by atoms with Gasteiger partial charge in [0.15, 0.2) is 0 Å². The molecule has 0 atom stereocenters. The van der Waals surface area contributed by atoms with Gasteiger partial charge >= 0.3 is 0 Å². The molecule has 0 aliphatic carbocycles. The molecule has 162 valence electrons. The molecule has 0 aliphatic heterocycles. The molecule has 2 aromatic carbocycles. The van der Waals surface area contributed by atoms with Gasteiger partial charge in [-0.25, -0.2) is 9.37 Å². The third kappa shape index (κ3) is 6.45. The number of anilines is 1. The predicted molar refractivity (Wildman–Crippen MR) is 126 cm³/mol. The molecule has 1 aromatic heterocycles. The van der Waals surface area contributed by atoms with Gasteiger partial charge in [0, 0.05) is 23.0 Å². The maximum Gasteiger partial charge on any atom is 0.272 e. The van der Waals surface area contributed by atoms with Crippen LogP contribution in [0.4, 0.5) is 10.2 Å². The summed E-state index contributed by atoms with van der Waals surface area (Å²) in [6, 6.07) is 19.4. The lowest BCUT2D eigenvalue weighted by Gasteiger charge is -2.24. The first-order valence-corrected chi connectivity index (χ1v) is 11.4. The molecule has 0 radical (unpaired) electrons. The Bertz CT molecular complexity index is 951. The fourth-order valence-electron chi connectivity index (χ4n) is 3.05. The van der Waals surface area contributed by atoms with E-state index in [1.54, 1.807) is 23.1 Å². The fraction of sp³-hybridized carbons (Fsp3) is 0.250. The molecule has 0 N–H and O–H groups in total. The van der Waals surface area contributed by atoms with Gasteiger partial charge < -0.3 is 4.90 Å². The molecule has 0 fully saturated rings. The molecule has 3 rings (SSSR count). The van der Waals surface area contributed by atoms with Crippen LogP contribution in [0.15, 0.2) is 71.6 Å². The Labute approximate surface area is 192 Å². The Hall–Kier alpha value is -2.57. The van der Waals surface area contributed by atoms with Crippen LogP contribution in [-0.2, 0) is 6.54 Å². The van der Waals surface area contributed by atoms with E-state index in [-0.39, 0.29) is 11.7 Å². The summed E-state index contributed by atoms with van der Waals surface area (Å²) < 4.78 is 15.3. The van der Waals surface area contributed by atoms with E-state index in [9.17, 15) is 9.18 Å². The van der Waals surface area contributed by atoms with Crippen molar-refractivity contribution in [1.29, 1.82) is 0 Å². The van der Waals surface area contributed by atoms with Gasteiger partial charge in [-0.1, -0.05) is 36.7 Å². The molecule has 0 aliphatic rings. The molecule has 0 saturated carbocycles. The molecular formula is C24H25ClFN3OS. The monoisotopic (exact) mass is 457 g/mol. The number of carbonyl (C=O) groups is 1. The zero-order chi connectivity index (χ0) is 22.2. The third-order valence-corrected chi connectivity index (χ3v) is 5.91. The van der Waals surface area contributed by atoms with Crippen LogP contribution in [0.1, 0.15) is 36.3 Å². The first-order valence-electron chi connectivity index (χ1n) is 10.2. The predicted octanol–water partition coefficient (Wildman–Crippen LogP) is 6.46. The summed E-state index contributed by atoms with van der Waals surface area (Å²) in [5.74, 6) is 0.294. The molecule has 31 heavy (non-hydrogen) atoms. The average molecular weight is 458 g/mol. The van der Waals surface area contributed by atoms with Crippen LogP contribution in [0, 0.1) is 5.82 Å². The van der Waals surface area contributed by atoms with Crippen LogP contribution in [0.25, 0.3) is 0 Å². The maximum atomic E-state index is 13.4. The number of rotatable bonds is 9. The highest BCUT2D eigenvalue weighted by Gasteiger charge is 2.18. The van der Waals surface area contributed by atoms with Gasteiger partial charge in [0.05, 0.1) is 6.54 Å². The normalized spacial score (nSPS) is 10.7. The Morgan fingerprint density at radius 2 is 1.74 bits per heavy atom. The second-order valence-electron chi connectivity index (χ2n) is 6.97. The molecule has 3 aromatic rings. The minimum atomic E-state index is -0.282. The van der Waals surface area contributed by atoms with E-state index in [2.05, 4.69) is 4.98 Å². The van der Waals surface area contributed by atoms with Crippen LogP contribution < -0.4 is 4.31 Å². The van der Waals surface area contributed by atoms with E-state index >= 15 is 0 Å². The Morgan fingerprint density at radius 3 is 2.39 bits per heavy atom. The molecule has 0 saturated heterocycles. The number of nitrogens with zero attached hydrogens (tertiary/aromatic N) is 3. The molecule has 0 bridgehead atoms. The van der Waals surface area contributed by atoms with E-state index in [4.69, 9.17) is 11.6 Å². The molecule has 0 spiro atoms. The largest absolute Gasteiger partial charge is 0.338 e. The quantitative estimate of drug-likeness (QED) is 0.345. The second-order valence-corrected chi connectivity index (χ2v) is 8.51. The minimum Gasteiger partial charge on any atom is -0.338 e. The van der Waals surface area contributed by atoms with E-state index in [0.717, 1.165) is 16.9 Å². The maximum absolute atomic E-state index is 13.4. The number of pyridine rings is 1. The van der Waals surface area contributed by atoms with Crippen molar-refractivity contribution in [2.75, 3.05) is 17.4 Å². The van der Waals surface area contributed by atoms with Crippen LogP contribution in [0.3, 0.4) is 0 Å². The van der Waals surface area contributed by atoms with Crippen LogP contribution in [0.5, 0.6) is 0 Å². The highest BCUT2D eigenvalue weighted by Crippen LogP contribution is 2.30. The summed E-state index contributed by atoms with van der Waals surface area (Å²) in [5, 5.41) is 0.669. The number of hydrogen-bond acceptors (Lipinski definition) is 4. The number of aromatic nitrogens is 1. The number of carbonyl (C=O) groups excluding carboxylic acids is 1. The van der Waals surface area contributed by atoms with Gasteiger partial charge in [-0.05, 0) is 79.4 Å². The number of hydrogen-bond donors (Lipinski definition) is 0. The van der Waals surface area contributed by atoms with Crippen molar-refractivity contribution >= 4 is 35.3 Å². The van der Waals surface area contributed by atoms with Crippen LogP contribution in [0.2, 0.25) is 5.02 Å². The van der Waals surface area contributed by atoms with E-state index < -0.39 is 0 Å². The Balaban J connectivity index is 1.91. The molecule has 1 heterocycles. The van der Waals surface area contributed by atoms with Crippen molar-refractivity contribution in [1.82, 2.24) is 9.88 Å². The molecule has 4 nitrogen and oxygen atoms in total. The Kier molecular flexibility index (Phi) is 8.32. The average Bonchev–Trinajstić information content (AvgIpc) is 2.79. The molecular weight excluding hydrogens is 433 g/mol.